The summed E-state index contributed by atoms with van der Waals surface area (Å²) in [5.74, 6) is 0.204. The van der Waals surface area contributed by atoms with E-state index in [1.165, 1.54) is 30.3 Å². The fourth-order valence-corrected chi connectivity index (χ4v) is 3.63. The number of nitrogens with zero attached hydrogens (tertiary/aromatic N) is 3. The maximum absolute atomic E-state index is 12.8. The van der Waals surface area contributed by atoms with Gasteiger partial charge in [0.05, 0.1) is 12.4 Å². The van der Waals surface area contributed by atoms with E-state index in [0.717, 1.165) is 18.4 Å². The molecule has 1 aromatic carbocycles. The van der Waals surface area contributed by atoms with Gasteiger partial charge in [-0.15, -0.1) is 12.4 Å². The number of imidazole rings is 1. The largest absolute Gasteiger partial charge is 0.369 e. The minimum atomic E-state index is -0.175. The first-order valence-electron chi connectivity index (χ1n) is 7.98. The highest BCUT2D eigenvalue weighted by atomic mass is 35.5. The minimum Gasteiger partial charge on any atom is -0.369 e. The van der Waals surface area contributed by atoms with Gasteiger partial charge in [0, 0.05) is 0 Å². The summed E-state index contributed by atoms with van der Waals surface area (Å²) >= 11 is 0. The van der Waals surface area contributed by atoms with Gasteiger partial charge in [-0.25, -0.2) is 4.98 Å². The van der Waals surface area contributed by atoms with Gasteiger partial charge in [0.15, 0.2) is 11.2 Å². The second kappa shape index (κ2) is 6.28. The molecule has 1 aliphatic rings. The van der Waals surface area contributed by atoms with Crippen LogP contribution in [0.1, 0.15) is 42.5 Å². The molecule has 3 N–H and O–H groups in total. The molecule has 0 fully saturated rings. The Morgan fingerprint density at radius 2 is 2.08 bits per heavy atom. The normalized spacial score (nSPS) is 14.9. The summed E-state index contributed by atoms with van der Waals surface area (Å²) in [4.78, 5) is 23.9. The lowest BCUT2D eigenvalue weighted by Gasteiger charge is -2.24. The van der Waals surface area contributed by atoms with Crippen LogP contribution in [0.4, 0.5) is 5.95 Å². The highest BCUT2D eigenvalue weighted by molar-refractivity contribution is 5.85. The Balaban J connectivity index is 0.00000169. The van der Waals surface area contributed by atoms with Crippen molar-refractivity contribution in [2.24, 2.45) is 0 Å². The van der Waals surface area contributed by atoms with Crippen molar-refractivity contribution in [3.8, 4) is 0 Å². The van der Waals surface area contributed by atoms with Gasteiger partial charge in [0.25, 0.3) is 5.56 Å². The molecule has 7 heteroatoms. The number of nitrogen functional groups attached to an aromatic ring is 1. The maximum Gasteiger partial charge on any atom is 0.281 e. The van der Waals surface area contributed by atoms with Crippen LogP contribution in [0.25, 0.3) is 11.2 Å². The molecule has 2 aromatic heterocycles. The molecule has 3 aromatic rings. The van der Waals surface area contributed by atoms with Crippen molar-refractivity contribution in [3.05, 3.63) is 51.6 Å². The zero-order valence-electron chi connectivity index (χ0n) is 13.5. The van der Waals surface area contributed by atoms with Crippen LogP contribution < -0.4 is 11.3 Å². The molecule has 1 unspecified atom stereocenters. The summed E-state index contributed by atoms with van der Waals surface area (Å²) in [6.45, 7) is 2.01. The molecular weight excluding hydrogens is 326 g/mol. The molecule has 1 aliphatic carbocycles. The summed E-state index contributed by atoms with van der Waals surface area (Å²) in [7, 11) is 0. The van der Waals surface area contributed by atoms with Gasteiger partial charge in [-0.2, -0.15) is 4.98 Å². The summed E-state index contributed by atoms with van der Waals surface area (Å²) in [5.41, 5.74) is 10.6. The minimum absolute atomic E-state index is 0. The molecule has 0 saturated carbocycles. The number of nitrogens with two attached hydrogens (primary N) is 1. The molecule has 4 rings (SSSR count). The predicted octanol–water partition coefficient (Wildman–Crippen LogP) is 2.61. The molecule has 0 spiro atoms. The highest BCUT2D eigenvalue weighted by Crippen LogP contribution is 2.30. The van der Waals surface area contributed by atoms with E-state index in [0.29, 0.717) is 11.2 Å². The van der Waals surface area contributed by atoms with Crippen molar-refractivity contribution in [1.29, 1.82) is 0 Å². The van der Waals surface area contributed by atoms with Crippen molar-refractivity contribution in [3.63, 3.8) is 0 Å². The van der Waals surface area contributed by atoms with E-state index in [9.17, 15) is 4.79 Å². The van der Waals surface area contributed by atoms with Crippen molar-refractivity contribution in [1.82, 2.24) is 19.5 Å². The number of rotatable bonds is 2. The van der Waals surface area contributed by atoms with Crippen LogP contribution in [-0.2, 0) is 12.8 Å². The van der Waals surface area contributed by atoms with E-state index < -0.39 is 0 Å². The molecular formula is C17H20ClN5O. The molecule has 0 amide bonds. The van der Waals surface area contributed by atoms with Crippen molar-refractivity contribution >= 4 is 29.5 Å². The van der Waals surface area contributed by atoms with E-state index in [4.69, 9.17) is 5.73 Å². The lowest BCUT2D eigenvalue weighted by molar-refractivity contribution is 0.597. The average molecular weight is 346 g/mol. The number of anilines is 1. The SMILES string of the molecule is CC(c1cccc2c1CCCC2)n1c(N)nc2nc[nH]c2c1=O.Cl. The number of hydrogen-bond acceptors (Lipinski definition) is 4. The number of benzene rings is 1. The summed E-state index contributed by atoms with van der Waals surface area (Å²) in [6.07, 6.45) is 6.06. The Bertz CT molecular complexity index is 946. The molecule has 0 bridgehead atoms. The number of halogens is 1. The molecule has 0 radical (unpaired) electrons. The van der Waals surface area contributed by atoms with Gasteiger partial charge in [0.1, 0.15) is 0 Å². The second-order valence-electron chi connectivity index (χ2n) is 6.11. The number of nitrogens with one attached hydrogen (secondary N) is 1. The monoisotopic (exact) mass is 345 g/mol. The molecule has 126 valence electrons. The Morgan fingerprint density at radius 1 is 1.29 bits per heavy atom. The van der Waals surface area contributed by atoms with Crippen molar-refractivity contribution in [2.45, 2.75) is 38.6 Å². The first kappa shape index (κ1) is 16.5. The zero-order chi connectivity index (χ0) is 16.0. The highest BCUT2D eigenvalue weighted by Gasteiger charge is 2.21. The van der Waals surface area contributed by atoms with Crippen LogP contribution in [0.3, 0.4) is 0 Å². The van der Waals surface area contributed by atoms with E-state index in [-0.39, 0.29) is 30.0 Å². The second-order valence-corrected chi connectivity index (χ2v) is 6.11. The number of aromatic nitrogens is 4. The van der Waals surface area contributed by atoms with Crippen LogP contribution in [-0.4, -0.2) is 19.5 Å². The van der Waals surface area contributed by atoms with Gasteiger partial charge >= 0.3 is 0 Å². The number of aryl methyl sites for hydroxylation is 1. The van der Waals surface area contributed by atoms with E-state index in [1.54, 1.807) is 4.57 Å². The topological polar surface area (TPSA) is 89.6 Å². The molecule has 6 nitrogen and oxygen atoms in total. The van der Waals surface area contributed by atoms with Crippen LogP contribution in [0.2, 0.25) is 0 Å². The molecule has 0 saturated heterocycles. The maximum atomic E-state index is 12.8. The van der Waals surface area contributed by atoms with Gasteiger partial charge < -0.3 is 10.7 Å². The molecule has 1 atom stereocenters. The smallest absolute Gasteiger partial charge is 0.281 e. The van der Waals surface area contributed by atoms with Gasteiger partial charge in [0.2, 0.25) is 5.95 Å². The van der Waals surface area contributed by atoms with Gasteiger partial charge in [-0.05, 0) is 49.3 Å². The number of H-pyrrole nitrogens is 1. The third-order valence-electron chi connectivity index (χ3n) is 4.79. The lowest BCUT2D eigenvalue weighted by atomic mass is 9.86. The number of aromatic amines is 1. The fraction of sp³-hybridized carbons (Fsp3) is 0.353. The number of hydrogen-bond donors (Lipinski definition) is 2. The third kappa shape index (κ3) is 2.47. The fourth-order valence-electron chi connectivity index (χ4n) is 3.63. The summed E-state index contributed by atoms with van der Waals surface area (Å²) < 4.78 is 1.56. The zero-order valence-corrected chi connectivity index (χ0v) is 14.3. The summed E-state index contributed by atoms with van der Waals surface area (Å²) in [5, 5.41) is 0. The Labute approximate surface area is 145 Å². The van der Waals surface area contributed by atoms with Gasteiger partial charge in [-0.3, -0.25) is 9.36 Å². The van der Waals surface area contributed by atoms with Crippen LogP contribution in [0.15, 0.2) is 29.3 Å². The molecule has 2 heterocycles. The standard InChI is InChI=1S/C17H19N5O.ClH/c1-10(12-8-4-6-11-5-2-3-7-13(11)12)22-16(23)14-15(20-9-19-14)21-17(22)18;/h4,6,8-10H,2-3,5,7H2,1H3,(H2,18,21)(H,19,20);1H. The van der Waals surface area contributed by atoms with Crippen molar-refractivity contribution < 1.29 is 0 Å². The van der Waals surface area contributed by atoms with E-state index >= 15 is 0 Å². The van der Waals surface area contributed by atoms with Gasteiger partial charge in [-0.1, -0.05) is 18.2 Å². The van der Waals surface area contributed by atoms with Crippen molar-refractivity contribution in [2.75, 3.05) is 5.73 Å². The van der Waals surface area contributed by atoms with E-state index in [2.05, 4.69) is 33.2 Å². The van der Waals surface area contributed by atoms with Crippen LogP contribution in [0.5, 0.6) is 0 Å². The third-order valence-corrected chi connectivity index (χ3v) is 4.79. The summed E-state index contributed by atoms with van der Waals surface area (Å²) in [6, 6.07) is 6.19. The molecule has 24 heavy (non-hydrogen) atoms. The average Bonchev–Trinajstić information content (AvgIpc) is 3.02. The first-order valence-corrected chi connectivity index (χ1v) is 7.98. The van der Waals surface area contributed by atoms with E-state index in [1.807, 2.05) is 6.92 Å². The lowest BCUT2D eigenvalue weighted by Crippen LogP contribution is -2.28. The Kier molecular flexibility index (Phi) is 4.32. The van der Waals surface area contributed by atoms with Crippen LogP contribution in [0, 0.1) is 0 Å². The number of fused-ring (bicyclic) bond motifs is 2. The Morgan fingerprint density at radius 3 is 2.92 bits per heavy atom. The Hall–Kier alpha value is -2.34. The molecule has 0 aliphatic heterocycles. The first-order chi connectivity index (χ1) is 11.2. The van der Waals surface area contributed by atoms with Crippen LogP contribution >= 0.6 is 12.4 Å². The predicted molar refractivity (Wildman–Crippen MR) is 96.7 cm³/mol. The quantitative estimate of drug-likeness (QED) is 0.747.